The van der Waals surface area contributed by atoms with Crippen LogP contribution in [-0.2, 0) is 16.1 Å². The first-order chi connectivity index (χ1) is 15.5. The minimum absolute atomic E-state index is 0.144. The van der Waals surface area contributed by atoms with E-state index in [0.717, 1.165) is 5.56 Å². The molecule has 7 nitrogen and oxygen atoms in total. The Balaban J connectivity index is 1.63. The van der Waals surface area contributed by atoms with Gasteiger partial charge in [-0.05, 0) is 48.0 Å². The molecule has 0 aliphatic heterocycles. The molecule has 0 bridgehead atoms. The van der Waals surface area contributed by atoms with Crippen LogP contribution in [0.2, 0.25) is 5.02 Å². The highest BCUT2D eigenvalue weighted by atomic mass is 35.5. The van der Waals surface area contributed by atoms with E-state index in [1.807, 2.05) is 12.1 Å². The fourth-order valence-electron chi connectivity index (χ4n) is 2.77. The Kier molecular flexibility index (Phi) is 8.48. The molecule has 0 aliphatic rings. The van der Waals surface area contributed by atoms with Crippen LogP contribution in [0.3, 0.4) is 0 Å². The van der Waals surface area contributed by atoms with Gasteiger partial charge in [-0.25, -0.2) is 4.79 Å². The van der Waals surface area contributed by atoms with Crippen LogP contribution in [0.4, 0.5) is 16.2 Å². The Hall–Kier alpha value is -3.55. The third-order valence-electron chi connectivity index (χ3n) is 4.33. The molecule has 0 saturated heterocycles. The van der Waals surface area contributed by atoms with Crippen molar-refractivity contribution in [3.8, 4) is 5.75 Å². The van der Waals surface area contributed by atoms with Gasteiger partial charge in [-0.3, -0.25) is 10.1 Å². The molecule has 0 spiro atoms. The van der Waals surface area contributed by atoms with Crippen LogP contribution in [-0.4, -0.2) is 32.3 Å². The summed E-state index contributed by atoms with van der Waals surface area (Å²) in [6, 6.07) is 21.0. The van der Waals surface area contributed by atoms with Gasteiger partial charge in [-0.15, -0.1) is 0 Å². The number of hydrogen-bond donors (Lipinski definition) is 2. The molecule has 0 aromatic heterocycles. The number of nitrogens with one attached hydrogen (secondary N) is 2. The SMILES string of the molecule is COCCOC(=O)Nc1cccc(NC(=O)c2ccccc2OCc2ccc(Cl)cc2)c1. The number of methoxy groups -OCH3 is 1. The molecule has 3 aromatic carbocycles. The quantitative estimate of drug-likeness (QED) is 0.425. The average Bonchev–Trinajstić information content (AvgIpc) is 2.79. The summed E-state index contributed by atoms with van der Waals surface area (Å²) in [5, 5.41) is 6.07. The lowest BCUT2D eigenvalue weighted by molar-refractivity contribution is 0.102. The molecular formula is C24H23ClN2O5. The van der Waals surface area contributed by atoms with Gasteiger partial charge in [0.05, 0.1) is 12.2 Å². The molecule has 166 valence electrons. The average molecular weight is 455 g/mol. The van der Waals surface area contributed by atoms with Crippen LogP contribution in [0.15, 0.2) is 72.8 Å². The van der Waals surface area contributed by atoms with E-state index >= 15 is 0 Å². The normalized spacial score (nSPS) is 10.3. The lowest BCUT2D eigenvalue weighted by Gasteiger charge is -2.13. The Morgan fingerprint density at radius 2 is 1.59 bits per heavy atom. The second kappa shape index (κ2) is 11.7. The Morgan fingerprint density at radius 3 is 2.34 bits per heavy atom. The summed E-state index contributed by atoms with van der Waals surface area (Å²) in [5.41, 5.74) is 2.31. The number of para-hydroxylation sites is 1. The first kappa shape index (κ1) is 23.1. The van der Waals surface area contributed by atoms with Crippen molar-refractivity contribution in [2.75, 3.05) is 31.0 Å². The molecule has 2 N–H and O–H groups in total. The second-order valence-corrected chi connectivity index (χ2v) is 7.14. The molecule has 8 heteroatoms. The smallest absolute Gasteiger partial charge is 0.411 e. The van der Waals surface area contributed by atoms with E-state index < -0.39 is 6.09 Å². The highest BCUT2D eigenvalue weighted by Crippen LogP contribution is 2.22. The number of halogens is 1. The summed E-state index contributed by atoms with van der Waals surface area (Å²) >= 11 is 5.91. The van der Waals surface area contributed by atoms with E-state index in [1.165, 1.54) is 7.11 Å². The number of amides is 2. The summed E-state index contributed by atoms with van der Waals surface area (Å²) in [6.07, 6.45) is -0.605. The summed E-state index contributed by atoms with van der Waals surface area (Å²) < 4.78 is 15.7. The van der Waals surface area contributed by atoms with Crippen LogP contribution in [0.1, 0.15) is 15.9 Å². The highest BCUT2D eigenvalue weighted by molar-refractivity contribution is 6.30. The molecule has 0 heterocycles. The highest BCUT2D eigenvalue weighted by Gasteiger charge is 2.13. The fraction of sp³-hybridized carbons (Fsp3) is 0.167. The van der Waals surface area contributed by atoms with Crippen LogP contribution >= 0.6 is 11.6 Å². The van der Waals surface area contributed by atoms with Crippen molar-refractivity contribution >= 4 is 35.0 Å². The predicted molar refractivity (Wildman–Crippen MR) is 123 cm³/mol. The predicted octanol–water partition coefficient (Wildman–Crippen LogP) is 5.37. The number of carbonyl (C=O) groups excluding carboxylic acids is 2. The van der Waals surface area contributed by atoms with Gasteiger partial charge in [0.1, 0.15) is 19.0 Å². The van der Waals surface area contributed by atoms with Crippen molar-refractivity contribution in [2.45, 2.75) is 6.61 Å². The Morgan fingerprint density at radius 1 is 0.875 bits per heavy atom. The number of hydrogen-bond acceptors (Lipinski definition) is 5. The molecule has 3 rings (SSSR count). The number of benzene rings is 3. The largest absolute Gasteiger partial charge is 0.488 e. The van der Waals surface area contributed by atoms with E-state index in [9.17, 15) is 9.59 Å². The lowest BCUT2D eigenvalue weighted by Crippen LogP contribution is -2.17. The second-order valence-electron chi connectivity index (χ2n) is 6.70. The van der Waals surface area contributed by atoms with Gasteiger partial charge in [0.15, 0.2) is 0 Å². The van der Waals surface area contributed by atoms with Gasteiger partial charge in [0.2, 0.25) is 0 Å². The molecule has 0 saturated carbocycles. The van der Waals surface area contributed by atoms with Crippen LogP contribution < -0.4 is 15.4 Å². The topological polar surface area (TPSA) is 85.9 Å². The van der Waals surface area contributed by atoms with Crippen molar-refractivity contribution in [3.05, 3.63) is 88.9 Å². The molecule has 0 fully saturated rings. The Bertz CT molecular complexity index is 1060. The lowest BCUT2D eigenvalue weighted by atomic mass is 10.1. The number of rotatable bonds is 9. The van der Waals surface area contributed by atoms with Crippen molar-refractivity contribution in [3.63, 3.8) is 0 Å². The van der Waals surface area contributed by atoms with Gasteiger partial charge >= 0.3 is 6.09 Å². The van der Waals surface area contributed by atoms with Crippen molar-refractivity contribution in [2.24, 2.45) is 0 Å². The zero-order chi connectivity index (χ0) is 22.8. The summed E-state index contributed by atoms with van der Waals surface area (Å²) in [7, 11) is 1.52. The molecular weight excluding hydrogens is 432 g/mol. The van der Waals surface area contributed by atoms with E-state index in [0.29, 0.717) is 40.9 Å². The zero-order valence-electron chi connectivity index (χ0n) is 17.5. The monoisotopic (exact) mass is 454 g/mol. The van der Waals surface area contributed by atoms with Crippen molar-refractivity contribution in [1.82, 2.24) is 0 Å². The van der Waals surface area contributed by atoms with E-state index in [1.54, 1.807) is 60.7 Å². The van der Waals surface area contributed by atoms with Crippen LogP contribution in [0.5, 0.6) is 5.75 Å². The molecule has 32 heavy (non-hydrogen) atoms. The third-order valence-corrected chi connectivity index (χ3v) is 4.58. The maximum absolute atomic E-state index is 12.9. The van der Waals surface area contributed by atoms with Crippen LogP contribution in [0, 0.1) is 0 Å². The summed E-state index contributed by atoms with van der Waals surface area (Å²) in [6.45, 7) is 0.751. The van der Waals surface area contributed by atoms with E-state index in [2.05, 4.69) is 10.6 Å². The molecule has 0 aliphatic carbocycles. The molecule has 0 unspecified atom stereocenters. The first-order valence-corrected chi connectivity index (χ1v) is 10.2. The van der Waals surface area contributed by atoms with Gasteiger partial charge in [-0.2, -0.15) is 0 Å². The maximum Gasteiger partial charge on any atom is 0.411 e. The minimum atomic E-state index is -0.605. The maximum atomic E-state index is 12.9. The molecule has 0 radical (unpaired) electrons. The van der Waals surface area contributed by atoms with Crippen molar-refractivity contribution < 1.29 is 23.8 Å². The molecule has 3 aromatic rings. The number of ether oxygens (including phenoxy) is 3. The summed E-state index contributed by atoms with van der Waals surface area (Å²) in [5.74, 6) is 0.118. The molecule has 2 amide bonds. The molecule has 0 atom stereocenters. The standard InChI is InChI=1S/C24H23ClN2O5/c1-30-13-14-31-24(29)27-20-6-4-5-19(15-20)26-23(28)21-7-2-3-8-22(21)32-16-17-9-11-18(25)12-10-17/h2-12,15H,13-14,16H2,1H3,(H,26,28)(H,27,29). The zero-order valence-corrected chi connectivity index (χ0v) is 18.2. The fourth-order valence-corrected chi connectivity index (χ4v) is 2.89. The van der Waals surface area contributed by atoms with Crippen LogP contribution in [0.25, 0.3) is 0 Å². The third kappa shape index (κ3) is 7.01. The van der Waals surface area contributed by atoms with Gasteiger partial charge < -0.3 is 19.5 Å². The van der Waals surface area contributed by atoms with Gasteiger partial charge in [-0.1, -0.05) is 41.9 Å². The number of anilines is 2. The van der Waals surface area contributed by atoms with E-state index in [4.69, 9.17) is 25.8 Å². The Labute approximate surface area is 191 Å². The number of carbonyl (C=O) groups is 2. The first-order valence-electron chi connectivity index (χ1n) is 9.85. The minimum Gasteiger partial charge on any atom is -0.488 e. The summed E-state index contributed by atoms with van der Waals surface area (Å²) in [4.78, 5) is 24.7. The van der Waals surface area contributed by atoms with Gasteiger partial charge in [0, 0.05) is 23.5 Å². The van der Waals surface area contributed by atoms with E-state index in [-0.39, 0.29) is 12.5 Å². The van der Waals surface area contributed by atoms with Crippen molar-refractivity contribution in [1.29, 1.82) is 0 Å². The van der Waals surface area contributed by atoms with Gasteiger partial charge in [0.25, 0.3) is 5.91 Å².